The van der Waals surface area contributed by atoms with Crippen molar-refractivity contribution in [1.82, 2.24) is 29.6 Å². The molecule has 1 aromatic carbocycles. The summed E-state index contributed by atoms with van der Waals surface area (Å²) < 4.78 is 3.67. The Kier molecular flexibility index (Phi) is 2.83. The van der Waals surface area contributed by atoms with E-state index in [1.807, 2.05) is 60.4 Å². The van der Waals surface area contributed by atoms with Crippen molar-refractivity contribution in [3.8, 4) is 22.0 Å². The molecule has 0 saturated heterocycles. The molecule has 0 aliphatic heterocycles. The topological polar surface area (TPSA) is 60.9 Å². The van der Waals surface area contributed by atoms with Crippen molar-refractivity contribution in [3.63, 3.8) is 0 Å². The van der Waals surface area contributed by atoms with Gasteiger partial charge >= 0.3 is 0 Å². The second-order valence-corrected chi connectivity index (χ2v) is 6.12. The Morgan fingerprint density at radius 3 is 2.45 bits per heavy atom. The van der Waals surface area contributed by atoms with Crippen molar-refractivity contribution in [2.45, 2.75) is 13.8 Å². The number of nitrogens with zero attached hydrogens (tertiary/aromatic N) is 6. The number of aryl methyl sites for hydroxylation is 2. The highest BCUT2D eigenvalue weighted by molar-refractivity contribution is 7.19. The molecule has 3 heterocycles. The molecular formula is C15H14N6S. The number of rotatable bonds is 2. The third-order valence-electron chi connectivity index (χ3n) is 3.74. The molecule has 0 amide bonds. The lowest BCUT2D eigenvalue weighted by atomic mass is 10.2. The zero-order valence-electron chi connectivity index (χ0n) is 12.5. The van der Waals surface area contributed by atoms with Crippen LogP contribution in [0.1, 0.15) is 11.4 Å². The van der Waals surface area contributed by atoms with E-state index in [2.05, 4.69) is 20.4 Å². The molecule has 0 aliphatic rings. The van der Waals surface area contributed by atoms with E-state index >= 15 is 0 Å². The summed E-state index contributed by atoms with van der Waals surface area (Å²) >= 11 is 1.54. The third-order valence-corrected chi connectivity index (χ3v) is 4.69. The third kappa shape index (κ3) is 1.86. The Balaban J connectivity index is 1.92. The van der Waals surface area contributed by atoms with Gasteiger partial charge in [-0.3, -0.25) is 4.68 Å². The summed E-state index contributed by atoms with van der Waals surface area (Å²) in [6, 6.07) is 10.1. The molecular weight excluding hydrogens is 296 g/mol. The predicted octanol–water partition coefficient (Wildman–Crippen LogP) is 2.87. The average Bonchev–Trinajstić information content (AvgIpc) is 3.15. The highest BCUT2D eigenvalue weighted by Gasteiger charge is 2.20. The summed E-state index contributed by atoms with van der Waals surface area (Å²) in [6.07, 6.45) is 0. The zero-order valence-corrected chi connectivity index (χ0v) is 13.3. The molecule has 4 aromatic rings. The van der Waals surface area contributed by atoms with Gasteiger partial charge in [-0.15, -0.1) is 10.2 Å². The SMILES string of the molecule is Cc1nn(C)c(C)c1-c1nnc2sc(-c3ccccc3)nn12. The molecule has 0 N–H and O–H groups in total. The normalized spacial score (nSPS) is 11.4. The van der Waals surface area contributed by atoms with Gasteiger partial charge in [-0.2, -0.15) is 14.7 Å². The number of aromatic nitrogens is 6. The van der Waals surface area contributed by atoms with Gasteiger partial charge in [0.25, 0.3) is 0 Å². The van der Waals surface area contributed by atoms with Gasteiger partial charge in [0.2, 0.25) is 4.96 Å². The second-order valence-electron chi connectivity index (χ2n) is 5.16. The lowest BCUT2D eigenvalue weighted by Crippen LogP contribution is -1.95. The first-order valence-electron chi connectivity index (χ1n) is 6.93. The predicted molar refractivity (Wildman–Crippen MR) is 85.8 cm³/mol. The summed E-state index contributed by atoms with van der Waals surface area (Å²) in [5, 5.41) is 18.6. The molecule has 7 heteroatoms. The van der Waals surface area contributed by atoms with E-state index < -0.39 is 0 Å². The first-order chi connectivity index (χ1) is 10.6. The van der Waals surface area contributed by atoms with Crippen molar-refractivity contribution in [3.05, 3.63) is 41.7 Å². The van der Waals surface area contributed by atoms with Crippen LogP contribution in [-0.4, -0.2) is 29.6 Å². The molecule has 0 bridgehead atoms. The summed E-state index contributed by atoms with van der Waals surface area (Å²) in [5.41, 5.74) is 4.08. The average molecular weight is 310 g/mol. The molecule has 0 radical (unpaired) electrons. The molecule has 22 heavy (non-hydrogen) atoms. The van der Waals surface area contributed by atoms with Crippen LogP contribution in [0.2, 0.25) is 0 Å². The zero-order chi connectivity index (χ0) is 15.3. The summed E-state index contributed by atoms with van der Waals surface area (Å²) in [4.78, 5) is 0.788. The van der Waals surface area contributed by atoms with E-state index in [9.17, 15) is 0 Å². The Morgan fingerprint density at radius 2 is 1.77 bits per heavy atom. The van der Waals surface area contributed by atoms with Crippen LogP contribution in [0.3, 0.4) is 0 Å². The molecule has 0 aliphatic carbocycles. The first-order valence-corrected chi connectivity index (χ1v) is 7.75. The van der Waals surface area contributed by atoms with Gasteiger partial charge in [0.15, 0.2) is 5.82 Å². The molecule has 4 rings (SSSR count). The fourth-order valence-electron chi connectivity index (χ4n) is 2.57. The molecule has 0 fully saturated rings. The molecule has 3 aromatic heterocycles. The van der Waals surface area contributed by atoms with Crippen LogP contribution in [0.15, 0.2) is 30.3 Å². The molecule has 6 nitrogen and oxygen atoms in total. The molecule has 0 unspecified atom stereocenters. The fourth-order valence-corrected chi connectivity index (χ4v) is 3.41. The smallest absolute Gasteiger partial charge is 0.235 e. The van der Waals surface area contributed by atoms with Crippen molar-refractivity contribution in [1.29, 1.82) is 0 Å². The Hall–Kier alpha value is -2.54. The van der Waals surface area contributed by atoms with E-state index in [1.54, 1.807) is 0 Å². The van der Waals surface area contributed by atoms with E-state index in [0.717, 1.165) is 38.3 Å². The van der Waals surface area contributed by atoms with Crippen LogP contribution < -0.4 is 0 Å². The lowest BCUT2D eigenvalue weighted by molar-refractivity contribution is 0.731. The monoisotopic (exact) mass is 310 g/mol. The maximum absolute atomic E-state index is 4.68. The van der Waals surface area contributed by atoms with Crippen LogP contribution in [0, 0.1) is 13.8 Å². The van der Waals surface area contributed by atoms with Gasteiger partial charge in [0.1, 0.15) is 5.01 Å². The van der Waals surface area contributed by atoms with Gasteiger partial charge in [0, 0.05) is 18.3 Å². The van der Waals surface area contributed by atoms with Crippen molar-refractivity contribution in [2.75, 3.05) is 0 Å². The summed E-state index contributed by atoms with van der Waals surface area (Å²) in [6.45, 7) is 4.01. The van der Waals surface area contributed by atoms with E-state index in [1.165, 1.54) is 11.3 Å². The van der Waals surface area contributed by atoms with Crippen LogP contribution >= 0.6 is 11.3 Å². The quantitative estimate of drug-likeness (QED) is 0.571. The van der Waals surface area contributed by atoms with Gasteiger partial charge in [-0.05, 0) is 13.8 Å². The Labute approximate surface area is 131 Å². The minimum atomic E-state index is 0.747. The first kappa shape index (κ1) is 13.1. The van der Waals surface area contributed by atoms with E-state index in [0.29, 0.717) is 0 Å². The van der Waals surface area contributed by atoms with E-state index in [-0.39, 0.29) is 0 Å². The van der Waals surface area contributed by atoms with Gasteiger partial charge in [-0.25, -0.2) is 0 Å². The van der Waals surface area contributed by atoms with Crippen LogP contribution in [0.5, 0.6) is 0 Å². The lowest BCUT2D eigenvalue weighted by Gasteiger charge is -1.98. The van der Waals surface area contributed by atoms with Crippen molar-refractivity contribution in [2.24, 2.45) is 7.05 Å². The maximum atomic E-state index is 4.68. The largest absolute Gasteiger partial charge is 0.272 e. The van der Waals surface area contributed by atoms with Gasteiger partial charge < -0.3 is 0 Å². The molecule has 0 spiro atoms. The minimum absolute atomic E-state index is 0.747. The molecule has 0 atom stereocenters. The van der Waals surface area contributed by atoms with Gasteiger partial charge in [0.05, 0.1) is 11.3 Å². The van der Waals surface area contributed by atoms with Crippen LogP contribution in [0.4, 0.5) is 0 Å². The highest BCUT2D eigenvalue weighted by atomic mass is 32.1. The van der Waals surface area contributed by atoms with E-state index in [4.69, 9.17) is 0 Å². The highest BCUT2D eigenvalue weighted by Crippen LogP contribution is 2.30. The summed E-state index contributed by atoms with van der Waals surface area (Å²) in [5.74, 6) is 0.747. The number of hydrogen-bond acceptors (Lipinski definition) is 5. The van der Waals surface area contributed by atoms with Gasteiger partial charge in [-0.1, -0.05) is 41.7 Å². The number of fused-ring (bicyclic) bond motifs is 1. The second kappa shape index (κ2) is 4.74. The number of hydrogen-bond donors (Lipinski definition) is 0. The van der Waals surface area contributed by atoms with Crippen LogP contribution in [0.25, 0.3) is 26.9 Å². The standard InChI is InChI=1S/C15H14N6S/c1-9-12(10(2)20(3)18-9)13-16-17-15-21(13)19-14(22-15)11-7-5-4-6-8-11/h4-8H,1-3H3. The molecule has 110 valence electrons. The van der Waals surface area contributed by atoms with Crippen molar-refractivity contribution < 1.29 is 0 Å². The Bertz CT molecular complexity index is 963. The van der Waals surface area contributed by atoms with Crippen molar-refractivity contribution >= 4 is 16.3 Å². The summed E-state index contributed by atoms with van der Waals surface area (Å²) in [7, 11) is 1.93. The number of benzene rings is 1. The Morgan fingerprint density at radius 1 is 1.00 bits per heavy atom. The molecule has 0 saturated carbocycles. The minimum Gasteiger partial charge on any atom is -0.272 e. The fraction of sp³-hybridized carbons (Fsp3) is 0.200. The maximum Gasteiger partial charge on any atom is 0.235 e. The van der Waals surface area contributed by atoms with Crippen LogP contribution in [-0.2, 0) is 7.05 Å².